The molecular formula is C14H20F3NO2. The molecule has 6 heteroatoms. The average molecular weight is 291 g/mol. The van der Waals surface area contributed by atoms with E-state index >= 15 is 0 Å². The number of alkyl halides is 3. The summed E-state index contributed by atoms with van der Waals surface area (Å²) >= 11 is 0. The van der Waals surface area contributed by atoms with Crippen LogP contribution >= 0.6 is 0 Å². The van der Waals surface area contributed by atoms with Gasteiger partial charge < -0.3 is 10.2 Å². The second-order valence-corrected chi connectivity index (χ2v) is 4.92. The minimum Gasteiger partial charge on any atom is -0.394 e. The Hall–Kier alpha value is -1.11. The third-order valence-corrected chi connectivity index (χ3v) is 2.92. The molecule has 1 atom stereocenters. The normalized spacial score (nSPS) is 13.8. The minimum atomic E-state index is -4.23. The number of benzene rings is 1. The number of aliphatic hydroxyl groups is 2. The van der Waals surface area contributed by atoms with Crippen LogP contribution in [0.2, 0.25) is 0 Å². The van der Waals surface area contributed by atoms with Gasteiger partial charge in [-0.25, -0.2) is 0 Å². The predicted molar refractivity (Wildman–Crippen MR) is 70.2 cm³/mol. The van der Waals surface area contributed by atoms with Crippen LogP contribution in [-0.2, 0) is 6.54 Å². The van der Waals surface area contributed by atoms with Gasteiger partial charge in [0.25, 0.3) is 0 Å². The van der Waals surface area contributed by atoms with Crippen molar-refractivity contribution >= 4 is 0 Å². The molecule has 0 spiro atoms. The molecule has 0 aliphatic rings. The van der Waals surface area contributed by atoms with E-state index in [1.165, 1.54) is 4.90 Å². The summed E-state index contributed by atoms with van der Waals surface area (Å²) in [6.07, 6.45) is -6.19. The Kier molecular flexibility index (Phi) is 6.45. The Morgan fingerprint density at radius 1 is 1.20 bits per heavy atom. The molecule has 20 heavy (non-hydrogen) atoms. The highest BCUT2D eigenvalue weighted by Crippen LogP contribution is 2.20. The molecule has 2 N–H and O–H groups in total. The van der Waals surface area contributed by atoms with Gasteiger partial charge in [-0.1, -0.05) is 29.8 Å². The summed E-state index contributed by atoms with van der Waals surface area (Å²) in [5.41, 5.74) is 1.95. The van der Waals surface area contributed by atoms with Gasteiger partial charge in [-0.15, -0.1) is 0 Å². The molecule has 0 bridgehead atoms. The molecule has 1 rings (SSSR count). The molecule has 0 saturated heterocycles. The van der Waals surface area contributed by atoms with Crippen LogP contribution in [0.15, 0.2) is 24.3 Å². The fourth-order valence-corrected chi connectivity index (χ4v) is 1.83. The smallest absolute Gasteiger partial charge is 0.390 e. The lowest BCUT2D eigenvalue weighted by Gasteiger charge is -2.25. The fraction of sp³-hybridized carbons (Fsp3) is 0.571. The van der Waals surface area contributed by atoms with E-state index in [1.54, 1.807) is 0 Å². The van der Waals surface area contributed by atoms with Crippen molar-refractivity contribution in [2.75, 3.05) is 19.7 Å². The van der Waals surface area contributed by atoms with Crippen molar-refractivity contribution in [1.29, 1.82) is 0 Å². The van der Waals surface area contributed by atoms with E-state index in [0.717, 1.165) is 11.1 Å². The van der Waals surface area contributed by atoms with E-state index in [4.69, 9.17) is 5.11 Å². The number of hydrogen-bond acceptors (Lipinski definition) is 3. The Morgan fingerprint density at radius 2 is 1.80 bits per heavy atom. The zero-order valence-corrected chi connectivity index (χ0v) is 11.4. The number of rotatable bonds is 7. The first-order valence-corrected chi connectivity index (χ1v) is 6.44. The van der Waals surface area contributed by atoms with Crippen molar-refractivity contribution in [2.45, 2.75) is 32.2 Å². The van der Waals surface area contributed by atoms with E-state index in [9.17, 15) is 18.3 Å². The molecule has 0 saturated carbocycles. The highest BCUT2D eigenvalue weighted by molar-refractivity contribution is 5.21. The Morgan fingerprint density at radius 3 is 2.30 bits per heavy atom. The quantitative estimate of drug-likeness (QED) is 0.808. The van der Waals surface area contributed by atoms with E-state index in [-0.39, 0.29) is 13.1 Å². The van der Waals surface area contributed by atoms with Gasteiger partial charge in [0.05, 0.1) is 19.1 Å². The third kappa shape index (κ3) is 6.88. The standard InChI is InChI=1S/C14H20F3NO2/c1-11-2-4-12(5-3-11)8-18(9-13(20)10-19)7-6-14(15,16)17/h2-5,13,19-20H,6-10H2,1H3/t13-/m0/s1. The molecule has 0 aromatic heterocycles. The van der Waals surface area contributed by atoms with Crippen LogP contribution in [0.5, 0.6) is 0 Å². The first-order valence-electron chi connectivity index (χ1n) is 6.44. The van der Waals surface area contributed by atoms with Crippen LogP contribution in [0, 0.1) is 6.92 Å². The Balaban J connectivity index is 2.63. The molecule has 0 amide bonds. The summed E-state index contributed by atoms with van der Waals surface area (Å²) in [6, 6.07) is 7.47. The number of nitrogens with zero attached hydrogens (tertiary/aromatic N) is 1. The number of halogens is 3. The van der Waals surface area contributed by atoms with Crippen LogP contribution < -0.4 is 0 Å². The van der Waals surface area contributed by atoms with Crippen molar-refractivity contribution in [3.8, 4) is 0 Å². The number of aryl methyl sites for hydroxylation is 1. The summed E-state index contributed by atoms with van der Waals surface area (Å²) < 4.78 is 36.9. The first kappa shape index (κ1) is 16.9. The molecule has 3 nitrogen and oxygen atoms in total. The minimum absolute atomic E-state index is 0.0143. The highest BCUT2D eigenvalue weighted by atomic mass is 19.4. The summed E-state index contributed by atoms with van der Waals surface area (Å²) in [4.78, 5) is 1.50. The van der Waals surface area contributed by atoms with Crippen molar-refractivity contribution < 1.29 is 23.4 Å². The maximum atomic E-state index is 12.3. The van der Waals surface area contributed by atoms with Gasteiger partial charge in [0, 0.05) is 19.6 Å². The summed E-state index contributed by atoms with van der Waals surface area (Å²) in [5, 5.41) is 18.2. The molecular weight excluding hydrogens is 271 g/mol. The van der Waals surface area contributed by atoms with E-state index in [0.29, 0.717) is 6.54 Å². The molecule has 1 aromatic carbocycles. The van der Waals surface area contributed by atoms with Crippen LogP contribution in [0.3, 0.4) is 0 Å². The van der Waals surface area contributed by atoms with E-state index in [1.807, 2.05) is 31.2 Å². The summed E-state index contributed by atoms with van der Waals surface area (Å²) in [6.45, 7) is 1.60. The highest BCUT2D eigenvalue weighted by Gasteiger charge is 2.28. The maximum absolute atomic E-state index is 12.3. The lowest BCUT2D eigenvalue weighted by molar-refractivity contribution is -0.139. The molecule has 0 fully saturated rings. The SMILES string of the molecule is Cc1ccc(CN(CCC(F)(F)F)C[C@H](O)CO)cc1. The van der Waals surface area contributed by atoms with Gasteiger partial charge in [-0.2, -0.15) is 13.2 Å². The van der Waals surface area contributed by atoms with Gasteiger partial charge in [0.15, 0.2) is 0 Å². The van der Waals surface area contributed by atoms with Gasteiger partial charge in [-0.3, -0.25) is 4.90 Å². The summed E-state index contributed by atoms with van der Waals surface area (Å²) in [5.74, 6) is 0. The molecule has 114 valence electrons. The molecule has 0 heterocycles. The van der Waals surface area contributed by atoms with Gasteiger partial charge in [0.2, 0.25) is 0 Å². The van der Waals surface area contributed by atoms with Crippen molar-refractivity contribution in [1.82, 2.24) is 4.90 Å². The second-order valence-electron chi connectivity index (χ2n) is 4.92. The lowest BCUT2D eigenvalue weighted by atomic mass is 10.1. The summed E-state index contributed by atoms with van der Waals surface area (Å²) in [7, 11) is 0. The van der Waals surface area contributed by atoms with Gasteiger partial charge in [0.1, 0.15) is 0 Å². The zero-order valence-electron chi connectivity index (χ0n) is 11.4. The molecule has 0 unspecified atom stereocenters. The van der Waals surface area contributed by atoms with Crippen LogP contribution in [0.4, 0.5) is 13.2 Å². The molecule has 0 radical (unpaired) electrons. The largest absolute Gasteiger partial charge is 0.394 e. The van der Waals surface area contributed by atoms with Crippen LogP contribution in [-0.4, -0.2) is 47.1 Å². The van der Waals surface area contributed by atoms with Crippen molar-refractivity contribution in [2.24, 2.45) is 0 Å². The van der Waals surface area contributed by atoms with Gasteiger partial charge >= 0.3 is 6.18 Å². The Labute approximate surface area is 116 Å². The molecule has 0 aliphatic heterocycles. The lowest BCUT2D eigenvalue weighted by Crippen LogP contribution is -2.36. The molecule has 0 aliphatic carbocycles. The van der Waals surface area contributed by atoms with Crippen molar-refractivity contribution in [3.05, 3.63) is 35.4 Å². The van der Waals surface area contributed by atoms with Crippen LogP contribution in [0.1, 0.15) is 17.5 Å². The zero-order chi connectivity index (χ0) is 15.2. The average Bonchev–Trinajstić information content (AvgIpc) is 2.37. The number of aliphatic hydroxyl groups excluding tert-OH is 2. The number of hydrogen-bond donors (Lipinski definition) is 2. The predicted octanol–water partition coefficient (Wildman–Crippen LogP) is 2.10. The van der Waals surface area contributed by atoms with E-state index in [2.05, 4.69) is 0 Å². The first-order chi connectivity index (χ1) is 9.30. The second kappa shape index (κ2) is 7.61. The monoisotopic (exact) mass is 291 g/mol. The fourth-order valence-electron chi connectivity index (χ4n) is 1.83. The maximum Gasteiger partial charge on any atom is 0.390 e. The topological polar surface area (TPSA) is 43.7 Å². The van der Waals surface area contributed by atoms with E-state index < -0.39 is 25.3 Å². The molecule has 1 aromatic rings. The van der Waals surface area contributed by atoms with Crippen molar-refractivity contribution in [3.63, 3.8) is 0 Å². The Bertz CT molecular complexity index is 392. The van der Waals surface area contributed by atoms with Gasteiger partial charge in [-0.05, 0) is 12.5 Å². The van der Waals surface area contributed by atoms with Crippen LogP contribution in [0.25, 0.3) is 0 Å². The third-order valence-electron chi connectivity index (χ3n) is 2.92.